The SMILES string of the molecule is c1ccc(CSCCN2CCC(C3CCCN3)CC2)cc1. The summed E-state index contributed by atoms with van der Waals surface area (Å²) in [7, 11) is 0. The number of hydrogen-bond donors (Lipinski definition) is 1. The molecule has 2 fully saturated rings. The van der Waals surface area contributed by atoms with Gasteiger partial charge in [-0.2, -0.15) is 11.8 Å². The van der Waals surface area contributed by atoms with Gasteiger partial charge >= 0.3 is 0 Å². The molecule has 0 aliphatic carbocycles. The van der Waals surface area contributed by atoms with Gasteiger partial charge in [0.05, 0.1) is 0 Å². The minimum Gasteiger partial charge on any atom is -0.314 e. The van der Waals surface area contributed by atoms with E-state index in [4.69, 9.17) is 0 Å². The molecular weight excluding hydrogens is 276 g/mol. The maximum atomic E-state index is 3.69. The largest absolute Gasteiger partial charge is 0.314 e. The molecule has 1 N–H and O–H groups in total. The standard InChI is InChI=1S/C18H28N2S/c1-2-5-16(6-3-1)15-21-14-13-20-11-8-17(9-12-20)18-7-4-10-19-18/h1-3,5-6,17-19H,4,7-15H2. The summed E-state index contributed by atoms with van der Waals surface area (Å²) in [5.41, 5.74) is 1.45. The molecule has 2 aliphatic rings. The fourth-order valence-electron chi connectivity index (χ4n) is 3.65. The maximum absolute atomic E-state index is 3.69. The van der Waals surface area contributed by atoms with Crippen LogP contribution in [0, 0.1) is 5.92 Å². The highest BCUT2D eigenvalue weighted by Crippen LogP contribution is 2.25. The second kappa shape index (κ2) is 8.21. The minimum atomic E-state index is 0.833. The molecule has 0 amide bonds. The van der Waals surface area contributed by atoms with Crippen LogP contribution in [0.1, 0.15) is 31.2 Å². The van der Waals surface area contributed by atoms with E-state index < -0.39 is 0 Å². The molecule has 1 aromatic carbocycles. The zero-order valence-electron chi connectivity index (χ0n) is 13.0. The van der Waals surface area contributed by atoms with E-state index >= 15 is 0 Å². The molecule has 116 valence electrons. The van der Waals surface area contributed by atoms with Crippen LogP contribution < -0.4 is 5.32 Å². The number of rotatable bonds is 6. The quantitative estimate of drug-likeness (QED) is 0.811. The van der Waals surface area contributed by atoms with Gasteiger partial charge in [0.2, 0.25) is 0 Å². The van der Waals surface area contributed by atoms with Gasteiger partial charge in [-0.15, -0.1) is 0 Å². The fourth-order valence-corrected chi connectivity index (χ4v) is 4.61. The summed E-state index contributed by atoms with van der Waals surface area (Å²) in [5.74, 6) is 3.37. The molecule has 21 heavy (non-hydrogen) atoms. The van der Waals surface area contributed by atoms with Gasteiger partial charge in [-0.05, 0) is 56.8 Å². The van der Waals surface area contributed by atoms with Gasteiger partial charge in [0.15, 0.2) is 0 Å². The highest BCUT2D eigenvalue weighted by atomic mass is 32.2. The average molecular weight is 305 g/mol. The van der Waals surface area contributed by atoms with Crippen LogP contribution >= 0.6 is 11.8 Å². The van der Waals surface area contributed by atoms with Gasteiger partial charge in [-0.3, -0.25) is 0 Å². The topological polar surface area (TPSA) is 15.3 Å². The average Bonchev–Trinajstić information content (AvgIpc) is 3.08. The fraction of sp³-hybridized carbons (Fsp3) is 0.667. The molecule has 2 aliphatic heterocycles. The van der Waals surface area contributed by atoms with Crippen LogP contribution in [0.4, 0.5) is 0 Å². The van der Waals surface area contributed by atoms with Crippen LogP contribution in [0.3, 0.4) is 0 Å². The molecular formula is C18H28N2S. The predicted molar refractivity (Wildman–Crippen MR) is 92.8 cm³/mol. The van der Waals surface area contributed by atoms with Crippen LogP contribution in [0.2, 0.25) is 0 Å². The van der Waals surface area contributed by atoms with Gasteiger partial charge in [-0.25, -0.2) is 0 Å². The molecule has 0 saturated carbocycles. The molecule has 0 bridgehead atoms. The number of nitrogens with zero attached hydrogens (tertiary/aromatic N) is 1. The van der Waals surface area contributed by atoms with Crippen molar-refractivity contribution in [3.8, 4) is 0 Å². The second-order valence-corrected chi connectivity index (χ2v) is 7.53. The van der Waals surface area contributed by atoms with Crippen molar-refractivity contribution >= 4 is 11.8 Å². The van der Waals surface area contributed by atoms with Crippen molar-refractivity contribution < 1.29 is 0 Å². The summed E-state index contributed by atoms with van der Waals surface area (Å²) in [4.78, 5) is 2.67. The lowest BCUT2D eigenvalue weighted by Gasteiger charge is -2.34. The first-order valence-corrected chi connectivity index (χ1v) is 9.65. The summed E-state index contributed by atoms with van der Waals surface area (Å²) in [6.45, 7) is 5.15. The number of nitrogens with one attached hydrogen (secondary N) is 1. The number of benzene rings is 1. The lowest BCUT2D eigenvalue weighted by atomic mass is 9.88. The molecule has 1 aromatic rings. The molecule has 2 heterocycles. The Morgan fingerprint density at radius 3 is 2.62 bits per heavy atom. The van der Waals surface area contributed by atoms with E-state index in [9.17, 15) is 0 Å². The Balaban J connectivity index is 1.29. The summed E-state index contributed by atoms with van der Waals surface area (Å²) in [6.07, 6.45) is 5.61. The van der Waals surface area contributed by atoms with Crippen molar-refractivity contribution in [2.45, 2.75) is 37.5 Å². The first-order valence-electron chi connectivity index (χ1n) is 8.49. The Hall–Kier alpha value is -0.510. The van der Waals surface area contributed by atoms with E-state index in [2.05, 4.69) is 52.3 Å². The van der Waals surface area contributed by atoms with Gasteiger partial charge in [0.25, 0.3) is 0 Å². The van der Waals surface area contributed by atoms with E-state index in [-0.39, 0.29) is 0 Å². The van der Waals surface area contributed by atoms with E-state index in [1.54, 1.807) is 0 Å². The van der Waals surface area contributed by atoms with E-state index in [0.29, 0.717) is 0 Å². The summed E-state index contributed by atoms with van der Waals surface area (Å²) in [5, 5.41) is 3.69. The normalized spacial score (nSPS) is 24.5. The molecule has 1 unspecified atom stereocenters. The third-order valence-electron chi connectivity index (χ3n) is 4.96. The van der Waals surface area contributed by atoms with Crippen molar-refractivity contribution in [3.05, 3.63) is 35.9 Å². The second-order valence-electron chi connectivity index (χ2n) is 6.42. The molecule has 2 saturated heterocycles. The Bertz CT molecular complexity index is 395. The summed E-state index contributed by atoms with van der Waals surface area (Å²) < 4.78 is 0. The molecule has 0 aromatic heterocycles. The van der Waals surface area contributed by atoms with E-state index in [0.717, 1.165) is 17.7 Å². The maximum Gasteiger partial charge on any atom is 0.0185 e. The van der Waals surface area contributed by atoms with Crippen LogP contribution in [-0.4, -0.2) is 42.9 Å². The Kier molecular flexibility index (Phi) is 6.02. The molecule has 0 radical (unpaired) electrons. The monoisotopic (exact) mass is 304 g/mol. The Morgan fingerprint density at radius 1 is 1.10 bits per heavy atom. The molecule has 3 rings (SSSR count). The smallest absolute Gasteiger partial charge is 0.0185 e. The van der Waals surface area contributed by atoms with Crippen molar-refractivity contribution in [1.29, 1.82) is 0 Å². The molecule has 1 atom stereocenters. The van der Waals surface area contributed by atoms with Crippen LogP contribution in [0.25, 0.3) is 0 Å². The number of hydrogen-bond acceptors (Lipinski definition) is 3. The van der Waals surface area contributed by atoms with Gasteiger partial charge in [-0.1, -0.05) is 30.3 Å². The Morgan fingerprint density at radius 2 is 1.90 bits per heavy atom. The lowest BCUT2D eigenvalue weighted by Crippen LogP contribution is -2.41. The van der Waals surface area contributed by atoms with Crippen molar-refractivity contribution in [3.63, 3.8) is 0 Å². The van der Waals surface area contributed by atoms with Gasteiger partial charge in [0, 0.05) is 24.1 Å². The van der Waals surface area contributed by atoms with Crippen LogP contribution in [0.15, 0.2) is 30.3 Å². The van der Waals surface area contributed by atoms with E-state index in [1.165, 1.54) is 63.2 Å². The summed E-state index contributed by atoms with van der Waals surface area (Å²) in [6, 6.07) is 11.7. The van der Waals surface area contributed by atoms with Crippen molar-refractivity contribution in [2.75, 3.05) is 31.9 Å². The van der Waals surface area contributed by atoms with Gasteiger partial charge < -0.3 is 10.2 Å². The van der Waals surface area contributed by atoms with Crippen molar-refractivity contribution in [2.24, 2.45) is 5.92 Å². The zero-order chi connectivity index (χ0) is 14.3. The summed E-state index contributed by atoms with van der Waals surface area (Å²) >= 11 is 2.07. The Labute approximate surface area is 133 Å². The lowest BCUT2D eigenvalue weighted by molar-refractivity contribution is 0.171. The molecule has 3 heteroatoms. The molecule has 0 spiro atoms. The highest BCUT2D eigenvalue weighted by molar-refractivity contribution is 7.98. The van der Waals surface area contributed by atoms with Crippen LogP contribution in [0.5, 0.6) is 0 Å². The first-order chi connectivity index (χ1) is 10.4. The van der Waals surface area contributed by atoms with E-state index in [1.807, 2.05) is 0 Å². The highest BCUT2D eigenvalue weighted by Gasteiger charge is 2.27. The van der Waals surface area contributed by atoms with Crippen molar-refractivity contribution in [1.82, 2.24) is 10.2 Å². The van der Waals surface area contributed by atoms with Crippen LogP contribution in [-0.2, 0) is 5.75 Å². The number of piperidine rings is 1. The zero-order valence-corrected chi connectivity index (χ0v) is 13.8. The first kappa shape index (κ1) is 15.4. The minimum absolute atomic E-state index is 0.833. The number of likely N-dealkylation sites (tertiary alicyclic amines) is 1. The van der Waals surface area contributed by atoms with Gasteiger partial charge in [0.1, 0.15) is 0 Å². The molecule has 2 nitrogen and oxygen atoms in total. The number of thioether (sulfide) groups is 1. The third kappa shape index (κ3) is 4.73. The predicted octanol–water partition coefficient (Wildman–Crippen LogP) is 3.38. The third-order valence-corrected chi connectivity index (χ3v) is 5.97.